The van der Waals surface area contributed by atoms with Crippen LogP contribution in [-0.4, -0.2) is 54.0 Å². The Morgan fingerprint density at radius 3 is 2.26 bits per heavy atom. The minimum atomic E-state index is -1.29. The van der Waals surface area contributed by atoms with Crippen molar-refractivity contribution in [3.63, 3.8) is 0 Å². The lowest BCUT2D eigenvalue weighted by atomic mass is 9.88. The van der Waals surface area contributed by atoms with Gasteiger partial charge in [-0.3, -0.25) is 9.59 Å². The largest absolute Gasteiger partial charge is 0.481 e. The Hall–Kier alpha value is -3.39. The standard InChI is InChI=1S/C27H30N2O6/c1-26(14-23(30)31,17-10-11-17)28-24(32)27(12-13-34-16-27)29-25(33)35-15-22-20-8-4-2-6-18(20)19-7-3-5-9-21(19)22/h2-9,17,22H,10-16H2,1H3,(H,28,32)(H,29,33)(H,30,31). The summed E-state index contributed by atoms with van der Waals surface area (Å²) in [4.78, 5) is 37.7. The highest BCUT2D eigenvalue weighted by Crippen LogP contribution is 2.44. The lowest BCUT2D eigenvalue weighted by Gasteiger charge is -2.35. The molecule has 3 aliphatic rings. The molecule has 2 unspecified atom stereocenters. The van der Waals surface area contributed by atoms with E-state index in [2.05, 4.69) is 22.8 Å². The fourth-order valence-electron chi connectivity index (χ4n) is 5.43. The molecule has 1 saturated carbocycles. The SMILES string of the molecule is CC(CC(=O)O)(NC(=O)C1(NC(=O)OCC2c3ccccc3-c3ccccc32)CCOC1)C1CC1. The van der Waals surface area contributed by atoms with Crippen LogP contribution in [0.2, 0.25) is 0 Å². The van der Waals surface area contributed by atoms with Gasteiger partial charge in [-0.2, -0.15) is 0 Å². The van der Waals surface area contributed by atoms with Gasteiger partial charge in [0.05, 0.1) is 18.6 Å². The van der Waals surface area contributed by atoms with Crippen molar-refractivity contribution in [3.05, 3.63) is 59.7 Å². The van der Waals surface area contributed by atoms with Crippen LogP contribution in [0.15, 0.2) is 48.5 Å². The number of carbonyl (C=O) groups excluding carboxylic acids is 2. The van der Waals surface area contributed by atoms with E-state index in [-0.39, 0.29) is 37.9 Å². The average Bonchev–Trinajstić information content (AvgIpc) is 3.51. The highest BCUT2D eigenvalue weighted by atomic mass is 16.6. The smallest absolute Gasteiger partial charge is 0.408 e. The van der Waals surface area contributed by atoms with Crippen LogP contribution >= 0.6 is 0 Å². The predicted octanol–water partition coefficient (Wildman–Crippen LogP) is 3.44. The number of alkyl carbamates (subject to hydrolysis) is 1. The summed E-state index contributed by atoms with van der Waals surface area (Å²) in [6.07, 6.45) is 1.15. The maximum Gasteiger partial charge on any atom is 0.408 e. The molecule has 1 aliphatic heterocycles. The van der Waals surface area contributed by atoms with Crippen molar-refractivity contribution in [1.29, 1.82) is 0 Å². The highest BCUT2D eigenvalue weighted by molar-refractivity contribution is 5.91. The van der Waals surface area contributed by atoms with Crippen LogP contribution in [-0.2, 0) is 19.1 Å². The summed E-state index contributed by atoms with van der Waals surface area (Å²) in [5.41, 5.74) is 2.31. The van der Waals surface area contributed by atoms with Crippen LogP contribution in [0.1, 0.15) is 49.7 Å². The summed E-state index contributed by atoms with van der Waals surface area (Å²) >= 11 is 0. The zero-order chi connectivity index (χ0) is 24.6. The third-order valence-electron chi connectivity index (χ3n) is 7.54. The molecule has 8 nitrogen and oxygen atoms in total. The van der Waals surface area contributed by atoms with Crippen LogP contribution in [0.3, 0.4) is 0 Å². The number of benzene rings is 2. The van der Waals surface area contributed by atoms with Crippen LogP contribution < -0.4 is 10.6 Å². The zero-order valence-electron chi connectivity index (χ0n) is 19.7. The molecule has 8 heteroatoms. The molecule has 2 amide bonds. The number of rotatable bonds is 8. The van der Waals surface area contributed by atoms with Gasteiger partial charge in [-0.25, -0.2) is 4.79 Å². The summed E-state index contributed by atoms with van der Waals surface area (Å²) in [5, 5.41) is 15.0. The number of hydrogen-bond donors (Lipinski definition) is 3. The number of ether oxygens (including phenoxy) is 2. The van der Waals surface area contributed by atoms with Crippen molar-refractivity contribution in [2.45, 2.75) is 49.6 Å². The normalized spacial score (nSPS) is 22.5. The number of carboxylic acid groups (broad SMARTS) is 1. The number of carboxylic acids is 1. The van der Waals surface area contributed by atoms with Gasteiger partial charge in [0.2, 0.25) is 5.91 Å². The van der Waals surface area contributed by atoms with Crippen molar-refractivity contribution in [1.82, 2.24) is 10.6 Å². The number of hydrogen-bond acceptors (Lipinski definition) is 5. The van der Waals surface area contributed by atoms with Gasteiger partial charge in [0.1, 0.15) is 12.1 Å². The van der Waals surface area contributed by atoms with Gasteiger partial charge in [-0.1, -0.05) is 48.5 Å². The van der Waals surface area contributed by atoms with Crippen molar-refractivity contribution in [2.75, 3.05) is 19.8 Å². The number of fused-ring (bicyclic) bond motifs is 3. The van der Waals surface area contributed by atoms with Gasteiger partial charge in [0, 0.05) is 18.9 Å². The Morgan fingerprint density at radius 1 is 1.09 bits per heavy atom. The van der Waals surface area contributed by atoms with Crippen LogP contribution in [0.4, 0.5) is 4.79 Å². The number of amides is 2. The second-order valence-corrected chi connectivity index (χ2v) is 10.1. The molecule has 2 aromatic rings. The number of nitrogens with one attached hydrogen (secondary N) is 2. The Balaban J connectivity index is 1.28. The van der Waals surface area contributed by atoms with Crippen molar-refractivity contribution >= 4 is 18.0 Å². The second kappa shape index (κ2) is 9.00. The Bertz CT molecular complexity index is 1110. The molecule has 35 heavy (non-hydrogen) atoms. The van der Waals surface area contributed by atoms with E-state index in [1.807, 2.05) is 36.4 Å². The molecule has 0 aromatic heterocycles. The third-order valence-corrected chi connectivity index (χ3v) is 7.54. The quantitative estimate of drug-likeness (QED) is 0.536. The molecule has 2 atom stereocenters. The summed E-state index contributed by atoms with van der Waals surface area (Å²) in [5.74, 6) is -1.39. The molecular weight excluding hydrogens is 448 g/mol. The molecule has 2 aromatic carbocycles. The summed E-state index contributed by atoms with van der Waals surface area (Å²) in [6.45, 7) is 2.22. The predicted molar refractivity (Wildman–Crippen MR) is 128 cm³/mol. The Labute approximate surface area is 204 Å². The molecule has 1 heterocycles. The molecule has 0 spiro atoms. The lowest BCUT2D eigenvalue weighted by molar-refractivity contribution is -0.139. The first-order chi connectivity index (χ1) is 16.8. The number of carbonyl (C=O) groups is 3. The molecule has 184 valence electrons. The topological polar surface area (TPSA) is 114 Å². The van der Waals surface area contributed by atoms with Crippen LogP contribution in [0.5, 0.6) is 0 Å². The first-order valence-electron chi connectivity index (χ1n) is 12.1. The van der Waals surface area contributed by atoms with Crippen molar-refractivity contribution < 1.29 is 29.0 Å². The average molecular weight is 479 g/mol. The molecule has 5 rings (SSSR count). The van der Waals surface area contributed by atoms with E-state index in [1.54, 1.807) is 6.92 Å². The summed E-state index contributed by atoms with van der Waals surface area (Å²) in [6, 6.07) is 16.2. The monoisotopic (exact) mass is 478 g/mol. The summed E-state index contributed by atoms with van der Waals surface area (Å²) in [7, 11) is 0. The van der Waals surface area contributed by atoms with E-state index in [4.69, 9.17) is 9.47 Å². The fourth-order valence-corrected chi connectivity index (χ4v) is 5.43. The molecule has 1 saturated heterocycles. The Morgan fingerprint density at radius 2 is 1.71 bits per heavy atom. The molecule has 2 aliphatic carbocycles. The molecule has 3 N–H and O–H groups in total. The Kier molecular flexibility index (Phi) is 6.01. The molecule has 0 radical (unpaired) electrons. The van der Waals surface area contributed by atoms with E-state index in [0.717, 1.165) is 35.1 Å². The van der Waals surface area contributed by atoms with Gasteiger partial charge >= 0.3 is 12.1 Å². The van der Waals surface area contributed by atoms with E-state index < -0.39 is 29.0 Å². The van der Waals surface area contributed by atoms with Crippen molar-refractivity contribution in [3.8, 4) is 11.1 Å². The lowest BCUT2D eigenvalue weighted by Crippen LogP contribution is -2.64. The maximum atomic E-state index is 13.4. The van der Waals surface area contributed by atoms with Crippen molar-refractivity contribution in [2.24, 2.45) is 5.92 Å². The van der Waals surface area contributed by atoms with E-state index in [1.165, 1.54) is 0 Å². The highest BCUT2D eigenvalue weighted by Gasteiger charge is 2.50. The van der Waals surface area contributed by atoms with Gasteiger partial charge in [0.15, 0.2) is 0 Å². The van der Waals surface area contributed by atoms with E-state index in [9.17, 15) is 19.5 Å². The molecular formula is C27H30N2O6. The summed E-state index contributed by atoms with van der Waals surface area (Å²) < 4.78 is 11.1. The number of aliphatic carboxylic acids is 1. The molecule has 2 fully saturated rings. The third kappa shape index (κ3) is 4.50. The van der Waals surface area contributed by atoms with Gasteiger partial charge in [-0.15, -0.1) is 0 Å². The van der Waals surface area contributed by atoms with Crippen LogP contribution in [0.25, 0.3) is 11.1 Å². The minimum Gasteiger partial charge on any atom is -0.481 e. The van der Waals surface area contributed by atoms with Gasteiger partial charge < -0.3 is 25.2 Å². The van der Waals surface area contributed by atoms with E-state index in [0.29, 0.717) is 6.61 Å². The van der Waals surface area contributed by atoms with Crippen LogP contribution in [0, 0.1) is 5.92 Å². The maximum absolute atomic E-state index is 13.4. The zero-order valence-corrected chi connectivity index (χ0v) is 19.7. The van der Waals surface area contributed by atoms with E-state index >= 15 is 0 Å². The first kappa shape index (κ1) is 23.4. The fraction of sp³-hybridized carbons (Fsp3) is 0.444. The second-order valence-electron chi connectivity index (χ2n) is 10.1. The minimum absolute atomic E-state index is 0.0108. The van der Waals surface area contributed by atoms with Gasteiger partial charge in [0.25, 0.3) is 0 Å². The van der Waals surface area contributed by atoms with Gasteiger partial charge in [-0.05, 0) is 47.9 Å². The molecule has 0 bridgehead atoms. The first-order valence-corrected chi connectivity index (χ1v) is 12.1.